The van der Waals surface area contributed by atoms with Crippen molar-refractivity contribution in [2.75, 3.05) is 19.5 Å². The molecule has 0 unspecified atom stereocenters. The molecule has 0 heterocycles. The molecule has 0 radical (unpaired) electrons. The molecule has 27 heavy (non-hydrogen) atoms. The summed E-state index contributed by atoms with van der Waals surface area (Å²) < 4.78 is 36.5. The lowest BCUT2D eigenvalue weighted by atomic mass is 10.2. The first-order valence-corrected chi connectivity index (χ1v) is 9.45. The monoisotopic (exact) mass is 392 g/mol. The third-order valence-electron chi connectivity index (χ3n) is 3.65. The van der Waals surface area contributed by atoms with E-state index in [0.717, 1.165) is 6.07 Å². The Morgan fingerprint density at radius 2 is 1.74 bits per heavy atom. The Hall–Kier alpha value is -2.91. The molecule has 1 atom stereocenters. The van der Waals surface area contributed by atoms with Crippen LogP contribution in [-0.2, 0) is 19.6 Å². The Morgan fingerprint density at radius 3 is 2.33 bits per heavy atom. The molecule has 2 rings (SSSR count). The van der Waals surface area contributed by atoms with Gasteiger partial charge >= 0.3 is 5.97 Å². The first-order chi connectivity index (χ1) is 12.8. The summed E-state index contributed by atoms with van der Waals surface area (Å²) >= 11 is 0. The van der Waals surface area contributed by atoms with Crippen LogP contribution in [0.4, 0.5) is 5.69 Å². The number of para-hydroxylation sites is 1. The number of ether oxygens (including phenoxy) is 2. The average Bonchev–Trinajstić information content (AvgIpc) is 2.68. The van der Waals surface area contributed by atoms with E-state index in [1.165, 1.54) is 33.2 Å². The van der Waals surface area contributed by atoms with Gasteiger partial charge < -0.3 is 14.8 Å². The number of carbonyl (C=O) groups excluding carboxylic acids is 2. The summed E-state index contributed by atoms with van der Waals surface area (Å²) in [5.41, 5.74) is 0.543. The summed E-state index contributed by atoms with van der Waals surface area (Å²) in [6, 6.07) is 12.6. The molecule has 2 aromatic rings. The van der Waals surface area contributed by atoms with Gasteiger partial charge in [-0.25, -0.2) is 17.9 Å². The molecule has 144 valence electrons. The normalized spacial score (nSPS) is 12.1. The van der Waals surface area contributed by atoms with Crippen LogP contribution in [0.5, 0.6) is 5.75 Å². The number of benzene rings is 2. The fourth-order valence-corrected chi connectivity index (χ4v) is 3.09. The molecule has 0 aliphatic rings. The number of carbonyl (C=O) groups is 2. The number of rotatable bonds is 7. The maximum atomic E-state index is 12.3. The molecule has 2 aromatic carbocycles. The highest BCUT2D eigenvalue weighted by Gasteiger charge is 2.23. The Labute approximate surface area is 157 Å². The molecule has 0 bridgehead atoms. The van der Waals surface area contributed by atoms with Crippen LogP contribution in [0.25, 0.3) is 0 Å². The number of sulfonamides is 1. The quantitative estimate of drug-likeness (QED) is 0.695. The van der Waals surface area contributed by atoms with E-state index in [1.54, 1.807) is 30.3 Å². The summed E-state index contributed by atoms with van der Waals surface area (Å²) in [6.45, 7) is 1.42. The first kappa shape index (κ1) is 20.4. The zero-order valence-corrected chi connectivity index (χ0v) is 15.9. The third-order valence-corrected chi connectivity index (χ3v) is 5.09. The zero-order chi connectivity index (χ0) is 20.0. The van der Waals surface area contributed by atoms with Gasteiger partial charge in [0.2, 0.25) is 10.0 Å². The minimum atomic E-state index is -3.84. The van der Waals surface area contributed by atoms with Gasteiger partial charge in [0.25, 0.3) is 5.91 Å². The fourth-order valence-electron chi connectivity index (χ4n) is 2.17. The SMILES string of the molecule is CNS(=O)(=O)c1cc(C(=O)O[C@H](C)C(=O)Nc2ccccc2)ccc1OC. The van der Waals surface area contributed by atoms with Crippen molar-refractivity contribution in [2.45, 2.75) is 17.9 Å². The minimum absolute atomic E-state index is 0.0241. The van der Waals surface area contributed by atoms with Crippen molar-refractivity contribution < 1.29 is 27.5 Å². The third kappa shape index (κ3) is 5.05. The molecule has 8 nitrogen and oxygen atoms in total. The second-order valence-corrected chi connectivity index (χ2v) is 7.33. The summed E-state index contributed by atoms with van der Waals surface area (Å²) in [5.74, 6) is -1.26. The molecule has 0 aliphatic carbocycles. The Balaban J connectivity index is 2.15. The highest BCUT2D eigenvalue weighted by molar-refractivity contribution is 7.89. The summed E-state index contributed by atoms with van der Waals surface area (Å²) in [4.78, 5) is 24.3. The van der Waals surface area contributed by atoms with Crippen molar-refractivity contribution in [3.05, 3.63) is 54.1 Å². The van der Waals surface area contributed by atoms with Gasteiger partial charge in [-0.1, -0.05) is 18.2 Å². The minimum Gasteiger partial charge on any atom is -0.495 e. The van der Waals surface area contributed by atoms with Crippen molar-refractivity contribution in [1.29, 1.82) is 0 Å². The van der Waals surface area contributed by atoms with Gasteiger partial charge in [0.1, 0.15) is 10.6 Å². The van der Waals surface area contributed by atoms with Gasteiger partial charge in [-0.15, -0.1) is 0 Å². The topological polar surface area (TPSA) is 111 Å². The molecule has 0 fully saturated rings. The van der Waals surface area contributed by atoms with E-state index in [0.29, 0.717) is 5.69 Å². The lowest BCUT2D eigenvalue weighted by molar-refractivity contribution is -0.123. The van der Waals surface area contributed by atoms with Gasteiger partial charge in [-0.2, -0.15) is 0 Å². The van der Waals surface area contributed by atoms with E-state index in [9.17, 15) is 18.0 Å². The maximum absolute atomic E-state index is 12.3. The van der Waals surface area contributed by atoms with Crippen molar-refractivity contribution in [1.82, 2.24) is 4.72 Å². The summed E-state index contributed by atoms with van der Waals surface area (Å²) in [7, 11) is -1.28. The van der Waals surface area contributed by atoms with E-state index < -0.39 is 28.0 Å². The van der Waals surface area contributed by atoms with Crippen LogP contribution < -0.4 is 14.8 Å². The van der Waals surface area contributed by atoms with E-state index in [-0.39, 0.29) is 16.2 Å². The molecule has 1 amide bonds. The van der Waals surface area contributed by atoms with Crippen molar-refractivity contribution in [2.24, 2.45) is 0 Å². The number of esters is 1. The van der Waals surface area contributed by atoms with Gasteiger partial charge in [-0.3, -0.25) is 4.79 Å². The molecule has 0 spiro atoms. The fraction of sp³-hybridized carbons (Fsp3) is 0.222. The molecule has 0 aromatic heterocycles. The highest BCUT2D eigenvalue weighted by atomic mass is 32.2. The average molecular weight is 392 g/mol. The highest BCUT2D eigenvalue weighted by Crippen LogP contribution is 2.25. The van der Waals surface area contributed by atoms with Gasteiger partial charge in [0, 0.05) is 5.69 Å². The number of amides is 1. The van der Waals surface area contributed by atoms with Crippen LogP contribution in [0, 0.1) is 0 Å². The van der Waals surface area contributed by atoms with Crippen molar-refractivity contribution in [3.63, 3.8) is 0 Å². The Morgan fingerprint density at radius 1 is 1.07 bits per heavy atom. The van der Waals surface area contributed by atoms with Crippen LogP contribution in [0.1, 0.15) is 17.3 Å². The van der Waals surface area contributed by atoms with Crippen LogP contribution in [0.15, 0.2) is 53.4 Å². The van der Waals surface area contributed by atoms with E-state index in [2.05, 4.69) is 10.0 Å². The molecule has 0 saturated carbocycles. The molecule has 0 saturated heterocycles. The molecule has 2 N–H and O–H groups in total. The molecular weight excluding hydrogens is 372 g/mol. The summed E-state index contributed by atoms with van der Waals surface area (Å²) in [6.07, 6.45) is -1.08. The second-order valence-electron chi connectivity index (χ2n) is 5.48. The van der Waals surface area contributed by atoms with Gasteiger partial charge in [0.15, 0.2) is 6.10 Å². The number of anilines is 1. The van der Waals surface area contributed by atoms with E-state index in [4.69, 9.17) is 9.47 Å². The first-order valence-electron chi connectivity index (χ1n) is 7.97. The smallest absolute Gasteiger partial charge is 0.338 e. The van der Waals surface area contributed by atoms with Crippen LogP contribution in [0.3, 0.4) is 0 Å². The van der Waals surface area contributed by atoms with Crippen LogP contribution in [-0.4, -0.2) is 40.6 Å². The molecule has 0 aliphatic heterocycles. The van der Waals surface area contributed by atoms with Crippen molar-refractivity contribution in [3.8, 4) is 5.75 Å². The summed E-state index contributed by atoms with van der Waals surface area (Å²) in [5, 5.41) is 2.62. The number of nitrogens with one attached hydrogen (secondary N) is 2. The second kappa shape index (κ2) is 8.65. The zero-order valence-electron chi connectivity index (χ0n) is 15.1. The molecular formula is C18H20N2O6S. The number of hydrogen-bond donors (Lipinski definition) is 2. The lowest BCUT2D eigenvalue weighted by Crippen LogP contribution is -2.30. The predicted octanol–water partition coefficient (Wildman–Crippen LogP) is 1.79. The maximum Gasteiger partial charge on any atom is 0.338 e. The predicted molar refractivity (Wildman–Crippen MR) is 99.2 cm³/mol. The lowest BCUT2D eigenvalue weighted by Gasteiger charge is -2.15. The van der Waals surface area contributed by atoms with Crippen LogP contribution in [0.2, 0.25) is 0 Å². The largest absolute Gasteiger partial charge is 0.495 e. The standard InChI is InChI=1S/C18H20N2O6S/c1-12(17(21)20-14-7-5-4-6-8-14)26-18(22)13-9-10-15(25-3)16(11-13)27(23,24)19-2/h4-12,19H,1-3H3,(H,20,21)/t12-/m1/s1. The van der Waals surface area contributed by atoms with E-state index in [1.807, 2.05) is 0 Å². The van der Waals surface area contributed by atoms with Crippen LogP contribution >= 0.6 is 0 Å². The van der Waals surface area contributed by atoms with Crippen molar-refractivity contribution >= 4 is 27.6 Å². The number of methoxy groups -OCH3 is 1. The Kier molecular flexibility index (Phi) is 6.54. The van der Waals surface area contributed by atoms with Gasteiger partial charge in [0.05, 0.1) is 12.7 Å². The number of hydrogen-bond acceptors (Lipinski definition) is 6. The van der Waals surface area contributed by atoms with Gasteiger partial charge in [-0.05, 0) is 44.3 Å². The Bertz CT molecular complexity index is 928. The molecule has 9 heteroatoms. The van der Waals surface area contributed by atoms with E-state index >= 15 is 0 Å².